The number of carbonyl (C=O) groups excluding carboxylic acids is 1. The number of amides is 1. The molecule has 0 aliphatic heterocycles. The van der Waals surface area contributed by atoms with Crippen molar-refractivity contribution in [1.82, 2.24) is 0 Å². The summed E-state index contributed by atoms with van der Waals surface area (Å²) >= 11 is 1.38. The molecule has 0 fully saturated rings. The molecule has 0 spiro atoms. The van der Waals surface area contributed by atoms with Crippen molar-refractivity contribution in [1.29, 1.82) is 5.26 Å². The number of rotatable bonds is 5. The molecule has 2 aromatic carbocycles. The van der Waals surface area contributed by atoms with Crippen LogP contribution in [-0.4, -0.2) is 11.7 Å². The van der Waals surface area contributed by atoms with Crippen LogP contribution in [-0.2, 0) is 10.5 Å². The van der Waals surface area contributed by atoms with Crippen molar-refractivity contribution in [3.63, 3.8) is 0 Å². The molecular weight excluding hydrogens is 287 g/mol. The highest BCUT2D eigenvalue weighted by Gasteiger charge is 2.07. The number of hydrogen-bond donors (Lipinski definition) is 1. The van der Waals surface area contributed by atoms with Crippen molar-refractivity contribution in [2.45, 2.75) is 5.75 Å². The second-order valence-electron chi connectivity index (χ2n) is 4.29. The third-order valence-electron chi connectivity index (χ3n) is 2.78. The van der Waals surface area contributed by atoms with Gasteiger partial charge in [0.1, 0.15) is 5.82 Å². The molecule has 1 N–H and O–H groups in total. The largest absolute Gasteiger partial charge is 0.323 e. The Morgan fingerprint density at radius 1 is 1.19 bits per heavy atom. The molecule has 0 aromatic heterocycles. The van der Waals surface area contributed by atoms with Gasteiger partial charge in [0.25, 0.3) is 0 Å². The Labute approximate surface area is 126 Å². The van der Waals surface area contributed by atoms with Crippen LogP contribution >= 0.6 is 11.8 Å². The van der Waals surface area contributed by atoms with E-state index in [-0.39, 0.29) is 17.3 Å². The van der Waals surface area contributed by atoms with Crippen LogP contribution in [0.25, 0.3) is 0 Å². The summed E-state index contributed by atoms with van der Waals surface area (Å²) in [5.41, 5.74) is 1.68. The average Bonchev–Trinajstić information content (AvgIpc) is 2.50. The molecule has 0 saturated heterocycles. The Morgan fingerprint density at radius 3 is 2.67 bits per heavy atom. The number of thioether (sulfide) groups is 1. The number of nitrogens with zero attached hydrogens (tertiary/aromatic N) is 1. The fourth-order valence-corrected chi connectivity index (χ4v) is 2.59. The zero-order chi connectivity index (χ0) is 15.1. The zero-order valence-corrected chi connectivity index (χ0v) is 12.0. The SMILES string of the molecule is N#Cc1ccccc1CSCC(=O)Nc1ccccc1F. The van der Waals surface area contributed by atoms with E-state index in [4.69, 9.17) is 5.26 Å². The summed E-state index contributed by atoms with van der Waals surface area (Å²) in [5, 5.41) is 11.5. The van der Waals surface area contributed by atoms with E-state index in [1.807, 2.05) is 12.1 Å². The van der Waals surface area contributed by atoms with Crippen LogP contribution in [0.3, 0.4) is 0 Å². The Kier molecular flexibility index (Phi) is 5.35. The summed E-state index contributed by atoms with van der Waals surface area (Å²) in [7, 11) is 0. The normalized spacial score (nSPS) is 9.90. The van der Waals surface area contributed by atoms with Gasteiger partial charge in [0, 0.05) is 5.75 Å². The van der Waals surface area contributed by atoms with E-state index in [1.54, 1.807) is 24.3 Å². The number of benzene rings is 2. The third-order valence-corrected chi connectivity index (χ3v) is 3.76. The van der Waals surface area contributed by atoms with Gasteiger partial charge in [-0.1, -0.05) is 30.3 Å². The Bertz CT molecular complexity index is 682. The first-order valence-electron chi connectivity index (χ1n) is 6.31. The molecular formula is C16H13FN2OS. The van der Waals surface area contributed by atoms with Gasteiger partial charge < -0.3 is 5.32 Å². The minimum absolute atomic E-state index is 0.181. The lowest BCUT2D eigenvalue weighted by Gasteiger charge is -2.06. The predicted octanol–water partition coefficient (Wildman–Crippen LogP) is 3.57. The maximum Gasteiger partial charge on any atom is 0.234 e. The van der Waals surface area contributed by atoms with Crippen LogP contribution in [0.15, 0.2) is 48.5 Å². The van der Waals surface area contributed by atoms with Gasteiger partial charge in [-0.3, -0.25) is 4.79 Å². The van der Waals surface area contributed by atoms with Crippen LogP contribution in [0.2, 0.25) is 0 Å². The number of para-hydroxylation sites is 1. The molecule has 3 nitrogen and oxygen atoms in total. The molecule has 0 saturated carbocycles. The van der Waals surface area contributed by atoms with Gasteiger partial charge >= 0.3 is 0 Å². The quantitative estimate of drug-likeness (QED) is 0.918. The van der Waals surface area contributed by atoms with Crippen LogP contribution in [0.1, 0.15) is 11.1 Å². The van der Waals surface area contributed by atoms with Crippen LogP contribution in [0.5, 0.6) is 0 Å². The van der Waals surface area contributed by atoms with Gasteiger partial charge in [-0.05, 0) is 23.8 Å². The van der Waals surface area contributed by atoms with Gasteiger partial charge in [-0.2, -0.15) is 5.26 Å². The Balaban J connectivity index is 1.85. The van der Waals surface area contributed by atoms with Crippen molar-refractivity contribution < 1.29 is 9.18 Å². The van der Waals surface area contributed by atoms with Crippen LogP contribution < -0.4 is 5.32 Å². The number of anilines is 1. The molecule has 0 bridgehead atoms. The Morgan fingerprint density at radius 2 is 1.90 bits per heavy atom. The molecule has 0 aliphatic carbocycles. The minimum Gasteiger partial charge on any atom is -0.323 e. The predicted molar refractivity (Wildman–Crippen MR) is 82.3 cm³/mol. The van der Waals surface area contributed by atoms with Gasteiger partial charge in [0.2, 0.25) is 5.91 Å². The number of hydrogen-bond acceptors (Lipinski definition) is 3. The topological polar surface area (TPSA) is 52.9 Å². The fourth-order valence-electron chi connectivity index (χ4n) is 1.76. The number of halogens is 1. The lowest BCUT2D eigenvalue weighted by Crippen LogP contribution is -2.15. The van der Waals surface area contributed by atoms with Gasteiger partial charge in [-0.25, -0.2) is 4.39 Å². The number of nitriles is 1. The molecule has 0 unspecified atom stereocenters. The van der Waals surface area contributed by atoms with Crippen molar-refractivity contribution in [2.24, 2.45) is 0 Å². The highest BCUT2D eigenvalue weighted by atomic mass is 32.2. The highest BCUT2D eigenvalue weighted by Crippen LogP contribution is 2.17. The molecule has 0 radical (unpaired) electrons. The molecule has 1 amide bonds. The minimum atomic E-state index is -0.453. The highest BCUT2D eigenvalue weighted by molar-refractivity contribution is 7.99. The second kappa shape index (κ2) is 7.46. The molecule has 2 rings (SSSR count). The first-order valence-corrected chi connectivity index (χ1v) is 7.46. The maximum atomic E-state index is 13.4. The zero-order valence-electron chi connectivity index (χ0n) is 11.2. The van der Waals surface area contributed by atoms with Crippen LogP contribution in [0, 0.1) is 17.1 Å². The smallest absolute Gasteiger partial charge is 0.234 e. The first kappa shape index (κ1) is 15.1. The maximum absolute atomic E-state index is 13.4. The van der Waals surface area contributed by atoms with Crippen molar-refractivity contribution >= 4 is 23.4 Å². The van der Waals surface area contributed by atoms with E-state index in [0.29, 0.717) is 11.3 Å². The number of nitrogens with one attached hydrogen (secondary N) is 1. The van der Waals surface area contributed by atoms with Gasteiger partial charge in [0.05, 0.1) is 23.1 Å². The average molecular weight is 300 g/mol. The first-order chi connectivity index (χ1) is 10.2. The van der Waals surface area contributed by atoms with Gasteiger partial charge in [0.15, 0.2) is 0 Å². The Hall–Kier alpha value is -2.32. The van der Waals surface area contributed by atoms with E-state index < -0.39 is 5.82 Å². The summed E-state index contributed by atoms with van der Waals surface area (Å²) in [6, 6.07) is 15.4. The number of carbonyl (C=O) groups is 1. The van der Waals surface area contributed by atoms with E-state index in [0.717, 1.165) is 5.56 Å². The monoisotopic (exact) mass is 300 g/mol. The van der Waals surface area contributed by atoms with E-state index >= 15 is 0 Å². The van der Waals surface area contributed by atoms with E-state index in [1.165, 1.54) is 23.9 Å². The standard InChI is InChI=1S/C16H13FN2OS/c17-14-7-3-4-8-15(14)19-16(20)11-21-10-13-6-2-1-5-12(13)9-18/h1-8H,10-11H2,(H,19,20). The van der Waals surface area contributed by atoms with Crippen molar-refractivity contribution in [3.8, 4) is 6.07 Å². The summed E-state index contributed by atoms with van der Waals surface area (Å²) in [6.07, 6.45) is 0. The lowest BCUT2D eigenvalue weighted by molar-refractivity contribution is -0.113. The van der Waals surface area contributed by atoms with Gasteiger partial charge in [-0.15, -0.1) is 11.8 Å². The molecule has 0 atom stereocenters. The molecule has 5 heteroatoms. The molecule has 21 heavy (non-hydrogen) atoms. The summed E-state index contributed by atoms with van der Waals surface area (Å²) in [4.78, 5) is 11.7. The molecule has 2 aromatic rings. The molecule has 106 valence electrons. The third kappa shape index (κ3) is 4.33. The summed E-state index contributed by atoms with van der Waals surface area (Å²) < 4.78 is 13.4. The van der Waals surface area contributed by atoms with E-state index in [9.17, 15) is 9.18 Å². The molecule has 0 aliphatic rings. The summed E-state index contributed by atoms with van der Waals surface area (Å²) in [5.74, 6) is 0.0490. The van der Waals surface area contributed by atoms with Crippen molar-refractivity contribution in [2.75, 3.05) is 11.1 Å². The van der Waals surface area contributed by atoms with E-state index in [2.05, 4.69) is 11.4 Å². The lowest BCUT2D eigenvalue weighted by atomic mass is 10.1. The second-order valence-corrected chi connectivity index (χ2v) is 5.28. The fraction of sp³-hybridized carbons (Fsp3) is 0.125. The summed E-state index contributed by atoms with van der Waals surface area (Å²) in [6.45, 7) is 0. The van der Waals surface area contributed by atoms with Crippen LogP contribution in [0.4, 0.5) is 10.1 Å². The molecule has 0 heterocycles. The van der Waals surface area contributed by atoms with Crippen molar-refractivity contribution in [3.05, 3.63) is 65.5 Å².